The van der Waals surface area contributed by atoms with Gasteiger partial charge >= 0.3 is 0 Å². The van der Waals surface area contributed by atoms with Crippen molar-refractivity contribution in [1.82, 2.24) is 5.32 Å². The highest BCUT2D eigenvalue weighted by molar-refractivity contribution is 7.98. The van der Waals surface area contributed by atoms with Crippen LogP contribution in [-0.4, -0.2) is 23.0 Å². The first-order valence-corrected chi connectivity index (χ1v) is 7.50. The van der Waals surface area contributed by atoms with Crippen LogP contribution >= 0.6 is 23.4 Å². The molecule has 1 unspecified atom stereocenters. The van der Waals surface area contributed by atoms with Gasteiger partial charge in [0.05, 0.1) is 4.92 Å². The van der Waals surface area contributed by atoms with Crippen molar-refractivity contribution in [2.75, 3.05) is 12.0 Å². The fraction of sp³-hybridized carbons (Fsp3) is 0.500. The number of non-ortho nitro benzene ring substituents is 1. The molecule has 0 amide bonds. The quantitative estimate of drug-likeness (QED) is 0.616. The van der Waals surface area contributed by atoms with Crippen LogP contribution in [-0.2, 0) is 6.54 Å². The first-order valence-electron chi connectivity index (χ1n) is 5.73. The van der Waals surface area contributed by atoms with Crippen LogP contribution in [0.4, 0.5) is 5.69 Å². The molecule has 0 aliphatic rings. The number of rotatable bonds is 7. The summed E-state index contributed by atoms with van der Waals surface area (Å²) in [5.41, 5.74) is 0.847. The van der Waals surface area contributed by atoms with Crippen LogP contribution in [0.15, 0.2) is 18.2 Å². The van der Waals surface area contributed by atoms with Crippen LogP contribution in [0.25, 0.3) is 0 Å². The molecule has 1 atom stereocenters. The summed E-state index contributed by atoms with van der Waals surface area (Å²) in [5.74, 6) is 1.02. The Morgan fingerprint density at radius 3 is 2.83 bits per heavy atom. The van der Waals surface area contributed by atoms with Crippen molar-refractivity contribution in [3.05, 3.63) is 38.9 Å². The Bertz CT molecular complexity index is 415. The van der Waals surface area contributed by atoms with Gasteiger partial charge in [0.2, 0.25) is 0 Å². The van der Waals surface area contributed by atoms with Gasteiger partial charge in [-0.2, -0.15) is 11.8 Å². The maximum Gasteiger partial charge on any atom is 0.269 e. The second-order valence-corrected chi connectivity index (χ2v) is 5.29. The van der Waals surface area contributed by atoms with E-state index >= 15 is 0 Å². The van der Waals surface area contributed by atoms with E-state index in [-0.39, 0.29) is 5.69 Å². The summed E-state index contributed by atoms with van der Waals surface area (Å²) < 4.78 is 0. The lowest BCUT2D eigenvalue weighted by molar-refractivity contribution is -0.384. The van der Waals surface area contributed by atoms with E-state index in [1.807, 2.05) is 0 Å². The van der Waals surface area contributed by atoms with E-state index in [2.05, 4.69) is 18.5 Å². The maximum atomic E-state index is 10.7. The van der Waals surface area contributed by atoms with E-state index in [1.54, 1.807) is 17.8 Å². The first-order chi connectivity index (χ1) is 8.58. The number of nitrogens with one attached hydrogen (secondary N) is 1. The Balaban J connectivity index is 2.71. The summed E-state index contributed by atoms with van der Waals surface area (Å²) in [6, 6.07) is 4.92. The van der Waals surface area contributed by atoms with Crippen molar-refractivity contribution in [2.24, 2.45) is 0 Å². The average Bonchev–Trinajstić information content (AvgIpc) is 2.35. The number of benzene rings is 1. The molecule has 1 rings (SSSR count). The van der Waals surface area contributed by atoms with E-state index in [4.69, 9.17) is 11.6 Å². The predicted molar refractivity (Wildman–Crippen MR) is 77.4 cm³/mol. The van der Waals surface area contributed by atoms with Gasteiger partial charge in [-0.15, -0.1) is 0 Å². The van der Waals surface area contributed by atoms with Gasteiger partial charge in [0.25, 0.3) is 5.69 Å². The number of nitro groups is 1. The number of thioether (sulfide) groups is 1. The van der Waals surface area contributed by atoms with Crippen molar-refractivity contribution < 1.29 is 4.92 Å². The molecule has 1 aromatic rings. The molecule has 0 saturated heterocycles. The topological polar surface area (TPSA) is 55.2 Å². The molecule has 0 aromatic heterocycles. The lowest BCUT2D eigenvalue weighted by Crippen LogP contribution is -2.30. The predicted octanol–water partition coefficient (Wildman–Crippen LogP) is 3.48. The third-order valence-corrected chi connectivity index (χ3v) is 3.79. The van der Waals surface area contributed by atoms with Gasteiger partial charge in [-0.25, -0.2) is 0 Å². The molecule has 1 aromatic carbocycles. The van der Waals surface area contributed by atoms with Crippen LogP contribution in [0.1, 0.15) is 18.9 Å². The standard InChI is InChI=1S/C12H17ClN2O2S/c1-3-10(8-18-2)14-7-9-6-11(15(16)17)4-5-12(9)13/h4-6,10,14H,3,7-8H2,1-2H3. The van der Waals surface area contributed by atoms with Crippen molar-refractivity contribution in [3.8, 4) is 0 Å². The molecule has 6 heteroatoms. The molecular formula is C12H17ClN2O2S. The summed E-state index contributed by atoms with van der Waals surface area (Å²) >= 11 is 7.81. The van der Waals surface area contributed by atoms with E-state index in [1.165, 1.54) is 12.1 Å². The SMILES string of the molecule is CCC(CSC)NCc1cc([N+](=O)[O-])ccc1Cl. The molecule has 100 valence electrons. The second-order valence-electron chi connectivity index (χ2n) is 3.97. The minimum atomic E-state index is -0.404. The molecule has 0 saturated carbocycles. The lowest BCUT2D eigenvalue weighted by Gasteiger charge is -2.16. The Morgan fingerprint density at radius 2 is 2.28 bits per heavy atom. The molecule has 0 spiro atoms. The molecule has 0 radical (unpaired) electrons. The van der Waals surface area contributed by atoms with E-state index in [0.717, 1.165) is 17.7 Å². The van der Waals surface area contributed by atoms with Crippen molar-refractivity contribution >= 4 is 29.1 Å². The van der Waals surface area contributed by atoms with Crippen molar-refractivity contribution in [1.29, 1.82) is 0 Å². The highest BCUT2D eigenvalue weighted by Gasteiger charge is 2.11. The maximum absolute atomic E-state index is 10.7. The Labute approximate surface area is 116 Å². The molecule has 4 nitrogen and oxygen atoms in total. The number of nitro benzene ring substituents is 1. The summed E-state index contributed by atoms with van der Waals surface area (Å²) in [6.45, 7) is 2.67. The number of nitrogens with zero attached hydrogens (tertiary/aromatic N) is 1. The molecule has 0 aliphatic heterocycles. The van der Waals surface area contributed by atoms with E-state index < -0.39 is 4.92 Å². The lowest BCUT2D eigenvalue weighted by atomic mass is 10.1. The van der Waals surface area contributed by atoms with E-state index in [9.17, 15) is 10.1 Å². The van der Waals surface area contributed by atoms with Crippen LogP contribution in [0.5, 0.6) is 0 Å². The molecular weight excluding hydrogens is 272 g/mol. The van der Waals surface area contributed by atoms with Gasteiger partial charge < -0.3 is 5.32 Å². The summed E-state index contributed by atoms with van der Waals surface area (Å²) in [7, 11) is 0. The third kappa shape index (κ3) is 4.48. The van der Waals surface area contributed by atoms with Gasteiger partial charge in [-0.3, -0.25) is 10.1 Å². The minimum Gasteiger partial charge on any atom is -0.309 e. The fourth-order valence-corrected chi connectivity index (χ4v) is 2.53. The summed E-state index contributed by atoms with van der Waals surface area (Å²) in [4.78, 5) is 10.3. The molecule has 0 aliphatic carbocycles. The van der Waals surface area contributed by atoms with Gasteiger partial charge in [-0.05, 0) is 24.3 Å². The smallest absolute Gasteiger partial charge is 0.269 e. The van der Waals surface area contributed by atoms with Gasteiger partial charge in [0.15, 0.2) is 0 Å². The average molecular weight is 289 g/mol. The Hall–Kier alpha value is -0.780. The van der Waals surface area contributed by atoms with Crippen molar-refractivity contribution in [2.45, 2.75) is 25.9 Å². The van der Waals surface area contributed by atoms with Gasteiger partial charge in [-0.1, -0.05) is 18.5 Å². The van der Waals surface area contributed by atoms with Gasteiger partial charge in [0, 0.05) is 35.5 Å². The van der Waals surface area contributed by atoms with Crippen molar-refractivity contribution in [3.63, 3.8) is 0 Å². The zero-order valence-corrected chi connectivity index (χ0v) is 12.1. The minimum absolute atomic E-state index is 0.0779. The Kier molecular flexibility index (Phi) is 6.46. The number of hydrogen-bond acceptors (Lipinski definition) is 4. The van der Waals surface area contributed by atoms with Crippen LogP contribution < -0.4 is 5.32 Å². The number of hydrogen-bond donors (Lipinski definition) is 1. The summed E-state index contributed by atoms with van der Waals surface area (Å²) in [5, 5.41) is 14.6. The summed E-state index contributed by atoms with van der Waals surface area (Å²) in [6.07, 6.45) is 3.08. The largest absolute Gasteiger partial charge is 0.309 e. The second kappa shape index (κ2) is 7.61. The molecule has 18 heavy (non-hydrogen) atoms. The highest BCUT2D eigenvalue weighted by Crippen LogP contribution is 2.22. The normalized spacial score (nSPS) is 12.4. The van der Waals surface area contributed by atoms with Crippen LogP contribution in [0, 0.1) is 10.1 Å². The first kappa shape index (κ1) is 15.3. The van der Waals surface area contributed by atoms with Gasteiger partial charge in [0.1, 0.15) is 0 Å². The van der Waals surface area contributed by atoms with E-state index in [0.29, 0.717) is 17.6 Å². The molecule has 0 heterocycles. The zero-order valence-electron chi connectivity index (χ0n) is 10.5. The molecule has 1 N–H and O–H groups in total. The van der Waals surface area contributed by atoms with Crippen LogP contribution in [0.2, 0.25) is 5.02 Å². The molecule has 0 fully saturated rings. The fourth-order valence-electron chi connectivity index (χ4n) is 1.59. The number of halogens is 1. The third-order valence-electron chi connectivity index (χ3n) is 2.68. The Morgan fingerprint density at radius 1 is 1.56 bits per heavy atom. The monoisotopic (exact) mass is 288 g/mol. The van der Waals surface area contributed by atoms with Crippen LogP contribution in [0.3, 0.4) is 0 Å². The molecule has 0 bridgehead atoms. The zero-order chi connectivity index (χ0) is 13.5. The highest BCUT2D eigenvalue weighted by atomic mass is 35.5.